The van der Waals surface area contributed by atoms with Gasteiger partial charge in [-0.3, -0.25) is 9.59 Å². The Kier molecular flexibility index (Phi) is 6.70. The molecule has 0 unspecified atom stereocenters. The highest BCUT2D eigenvalue weighted by Gasteiger charge is 2.13. The van der Waals surface area contributed by atoms with Crippen molar-refractivity contribution in [1.29, 1.82) is 0 Å². The molecule has 0 aliphatic carbocycles. The number of amides is 2. The van der Waals surface area contributed by atoms with Crippen LogP contribution in [-0.4, -0.2) is 32.2 Å². The molecule has 4 rings (SSSR count). The van der Waals surface area contributed by atoms with Gasteiger partial charge in [0.05, 0.1) is 19.3 Å². The van der Waals surface area contributed by atoms with Crippen LogP contribution in [-0.2, 0) is 28.9 Å². The number of aromatic nitrogens is 4. The van der Waals surface area contributed by atoms with Gasteiger partial charge in [0.2, 0.25) is 22.1 Å². The Morgan fingerprint density at radius 3 is 1.48 bits per heavy atom. The van der Waals surface area contributed by atoms with Crippen molar-refractivity contribution in [2.45, 2.75) is 19.3 Å². The van der Waals surface area contributed by atoms with Crippen molar-refractivity contribution in [2.24, 2.45) is 0 Å². The van der Waals surface area contributed by atoms with Crippen LogP contribution in [0.15, 0.2) is 60.7 Å². The Morgan fingerprint density at radius 1 is 0.645 bits per heavy atom. The highest BCUT2D eigenvalue weighted by Crippen LogP contribution is 2.22. The van der Waals surface area contributed by atoms with Crippen LogP contribution >= 0.6 is 22.7 Å². The van der Waals surface area contributed by atoms with Crippen LogP contribution in [0.5, 0.6) is 0 Å². The molecule has 0 atom stereocenters. The van der Waals surface area contributed by atoms with Crippen molar-refractivity contribution >= 4 is 44.8 Å². The standard InChI is InChI=1S/C21H18N6O2S2/c28-16(11-14-7-3-1-4-8-14)22-20-26-24-18(30-20)13-19-25-27-21(31-19)23-17(29)12-15-9-5-2-6-10-15/h1-10H,11-13H2,(H,22,26,28)(H,23,27,29). The predicted octanol–water partition coefficient (Wildman–Crippen LogP) is 3.34. The summed E-state index contributed by atoms with van der Waals surface area (Å²) in [6.45, 7) is 0. The molecule has 10 heteroatoms. The number of nitrogens with zero attached hydrogens (tertiary/aromatic N) is 4. The maximum atomic E-state index is 12.2. The molecule has 0 aliphatic heterocycles. The van der Waals surface area contributed by atoms with Crippen molar-refractivity contribution in [1.82, 2.24) is 20.4 Å². The van der Waals surface area contributed by atoms with E-state index < -0.39 is 0 Å². The molecule has 0 radical (unpaired) electrons. The minimum absolute atomic E-state index is 0.145. The van der Waals surface area contributed by atoms with Crippen molar-refractivity contribution < 1.29 is 9.59 Å². The number of rotatable bonds is 8. The number of benzene rings is 2. The molecule has 0 saturated carbocycles. The van der Waals surface area contributed by atoms with E-state index in [4.69, 9.17) is 0 Å². The summed E-state index contributed by atoms with van der Waals surface area (Å²) in [7, 11) is 0. The third-order valence-electron chi connectivity index (χ3n) is 4.14. The van der Waals surface area contributed by atoms with Crippen molar-refractivity contribution in [2.75, 3.05) is 10.6 Å². The molecule has 0 spiro atoms. The van der Waals surface area contributed by atoms with Gasteiger partial charge in [0.1, 0.15) is 10.0 Å². The lowest BCUT2D eigenvalue weighted by molar-refractivity contribution is -0.116. The molecule has 0 fully saturated rings. The van der Waals surface area contributed by atoms with E-state index in [-0.39, 0.29) is 24.7 Å². The lowest BCUT2D eigenvalue weighted by Crippen LogP contribution is -2.14. The number of anilines is 2. The summed E-state index contributed by atoms with van der Waals surface area (Å²) in [5, 5.41) is 24.1. The summed E-state index contributed by atoms with van der Waals surface area (Å²) >= 11 is 2.58. The summed E-state index contributed by atoms with van der Waals surface area (Å²) in [5.74, 6) is -0.290. The van der Waals surface area contributed by atoms with Gasteiger partial charge < -0.3 is 10.6 Å². The summed E-state index contributed by atoms with van der Waals surface area (Å²) in [6.07, 6.45) is 0.981. The van der Waals surface area contributed by atoms with Gasteiger partial charge in [0, 0.05) is 0 Å². The first-order valence-electron chi connectivity index (χ1n) is 9.46. The predicted molar refractivity (Wildman–Crippen MR) is 120 cm³/mol. The second-order valence-electron chi connectivity index (χ2n) is 6.60. The van der Waals surface area contributed by atoms with Crippen LogP contribution in [0.1, 0.15) is 21.1 Å². The van der Waals surface area contributed by atoms with Crippen LogP contribution in [0.4, 0.5) is 10.3 Å². The molecule has 4 aromatic rings. The first-order chi connectivity index (χ1) is 15.1. The SMILES string of the molecule is O=C(Cc1ccccc1)Nc1nnc(Cc2nnc(NC(=O)Cc3ccccc3)s2)s1. The maximum Gasteiger partial charge on any atom is 0.230 e. The van der Waals surface area contributed by atoms with Crippen LogP contribution in [0.3, 0.4) is 0 Å². The molecular formula is C21H18N6O2S2. The van der Waals surface area contributed by atoms with Crippen molar-refractivity contribution in [3.63, 3.8) is 0 Å². The second kappa shape index (κ2) is 10.0. The third-order valence-corrected chi connectivity index (χ3v) is 5.82. The Balaban J connectivity index is 1.28. The van der Waals surface area contributed by atoms with Gasteiger partial charge in [-0.05, 0) is 11.1 Å². The van der Waals surface area contributed by atoms with Crippen molar-refractivity contribution in [3.05, 3.63) is 81.8 Å². The molecule has 0 bridgehead atoms. The van der Waals surface area contributed by atoms with E-state index >= 15 is 0 Å². The van der Waals surface area contributed by atoms with E-state index in [9.17, 15) is 9.59 Å². The summed E-state index contributed by atoms with van der Waals surface area (Å²) < 4.78 is 0. The monoisotopic (exact) mass is 450 g/mol. The minimum Gasteiger partial charge on any atom is -0.300 e. The lowest BCUT2D eigenvalue weighted by Gasteiger charge is -2.00. The molecule has 2 aromatic heterocycles. The number of hydrogen-bond donors (Lipinski definition) is 2. The van der Waals surface area contributed by atoms with Gasteiger partial charge >= 0.3 is 0 Å². The first kappa shape index (κ1) is 20.8. The van der Waals surface area contributed by atoms with Crippen LogP contribution in [0.2, 0.25) is 0 Å². The zero-order valence-corrected chi connectivity index (χ0v) is 17.9. The quantitative estimate of drug-likeness (QED) is 0.426. The van der Waals surface area contributed by atoms with Crippen LogP contribution < -0.4 is 10.6 Å². The van der Waals surface area contributed by atoms with E-state index in [1.807, 2.05) is 60.7 Å². The smallest absolute Gasteiger partial charge is 0.230 e. The zero-order valence-electron chi connectivity index (χ0n) is 16.3. The van der Waals surface area contributed by atoms with E-state index in [1.54, 1.807) is 0 Å². The van der Waals surface area contributed by atoms with Gasteiger partial charge in [0.25, 0.3) is 0 Å². The largest absolute Gasteiger partial charge is 0.300 e. The summed E-state index contributed by atoms with van der Waals surface area (Å²) in [4.78, 5) is 24.3. The first-order valence-corrected chi connectivity index (χ1v) is 11.1. The number of nitrogens with one attached hydrogen (secondary N) is 2. The van der Waals surface area contributed by atoms with Gasteiger partial charge in [-0.2, -0.15) is 0 Å². The topological polar surface area (TPSA) is 110 Å². The minimum atomic E-state index is -0.145. The average molecular weight is 451 g/mol. The normalized spacial score (nSPS) is 10.6. The van der Waals surface area contributed by atoms with Gasteiger partial charge in [-0.15, -0.1) is 20.4 Å². The van der Waals surface area contributed by atoms with Crippen molar-refractivity contribution in [3.8, 4) is 0 Å². The third kappa shape index (κ3) is 6.24. The number of hydrogen-bond acceptors (Lipinski definition) is 8. The zero-order chi connectivity index (χ0) is 21.5. The molecule has 2 N–H and O–H groups in total. The second-order valence-corrected chi connectivity index (χ2v) is 8.72. The fourth-order valence-corrected chi connectivity index (χ4v) is 4.38. The van der Waals surface area contributed by atoms with Crippen LogP contribution in [0.25, 0.3) is 0 Å². The van der Waals surface area contributed by atoms with E-state index in [0.717, 1.165) is 11.1 Å². The summed E-state index contributed by atoms with van der Waals surface area (Å²) in [5.41, 5.74) is 1.86. The van der Waals surface area contributed by atoms with Gasteiger partial charge in [-0.1, -0.05) is 83.3 Å². The van der Waals surface area contributed by atoms with E-state index in [2.05, 4.69) is 31.0 Å². The molecule has 2 aromatic carbocycles. The highest BCUT2D eigenvalue weighted by molar-refractivity contribution is 7.16. The van der Waals surface area contributed by atoms with Gasteiger partial charge in [-0.25, -0.2) is 0 Å². The lowest BCUT2D eigenvalue weighted by atomic mass is 10.1. The molecule has 31 heavy (non-hydrogen) atoms. The Morgan fingerprint density at radius 2 is 1.06 bits per heavy atom. The summed E-state index contributed by atoms with van der Waals surface area (Å²) in [6, 6.07) is 19.0. The van der Waals surface area contributed by atoms with Gasteiger partial charge in [0.15, 0.2) is 0 Å². The maximum absolute atomic E-state index is 12.2. The molecule has 0 aliphatic rings. The molecule has 0 saturated heterocycles. The van der Waals surface area contributed by atoms with E-state index in [0.29, 0.717) is 26.7 Å². The Labute approximate surface area is 186 Å². The molecule has 2 amide bonds. The molecule has 2 heterocycles. The number of carbonyl (C=O) groups excluding carboxylic acids is 2. The van der Waals surface area contributed by atoms with E-state index in [1.165, 1.54) is 22.7 Å². The molecule has 156 valence electrons. The fraction of sp³-hybridized carbons (Fsp3) is 0.143. The highest BCUT2D eigenvalue weighted by atomic mass is 32.1. The number of carbonyl (C=O) groups is 2. The average Bonchev–Trinajstić information content (AvgIpc) is 3.38. The van der Waals surface area contributed by atoms with Crippen LogP contribution in [0, 0.1) is 0 Å². The fourth-order valence-electron chi connectivity index (χ4n) is 2.77. The molecular weight excluding hydrogens is 432 g/mol. The Hall–Kier alpha value is -3.50. The Bertz CT molecular complexity index is 1070. The molecule has 8 nitrogen and oxygen atoms in total.